The summed E-state index contributed by atoms with van der Waals surface area (Å²) in [5, 5.41) is 9.70. The standard InChI is InChI=1S/C55H32O/c1-2-15-35-32-51-45(30-34(35)14-1)52-39(21-12-26-50(52)56-51)36-27-28-40-37(29-36)31-49-54(53(40)43-22-11-16-33-13-3-4-17-38(33)43)44-20-7-10-25-48(44)55(49)46-23-8-5-18-41(46)42-19-6-9-24-47(42)55/h1-32H. The van der Waals surface area contributed by atoms with Crippen LogP contribution in [-0.2, 0) is 5.41 Å². The van der Waals surface area contributed by atoms with Gasteiger partial charge in [0.15, 0.2) is 0 Å². The molecule has 11 aromatic rings. The fourth-order valence-electron chi connectivity index (χ4n) is 10.6. The van der Waals surface area contributed by atoms with Crippen molar-refractivity contribution in [3.05, 3.63) is 216 Å². The predicted molar refractivity (Wildman–Crippen MR) is 233 cm³/mol. The van der Waals surface area contributed by atoms with Crippen LogP contribution in [0.3, 0.4) is 0 Å². The number of benzene rings is 10. The maximum atomic E-state index is 6.55. The Bertz CT molecular complexity index is 3440. The van der Waals surface area contributed by atoms with Gasteiger partial charge in [0, 0.05) is 10.8 Å². The van der Waals surface area contributed by atoms with Gasteiger partial charge in [0.1, 0.15) is 11.2 Å². The summed E-state index contributed by atoms with van der Waals surface area (Å²) in [6.45, 7) is 0. The van der Waals surface area contributed by atoms with Gasteiger partial charge >= 0.3 is 0 Å². The van der Waals surface area contributed by atoms with Crippen LogP contribution in [0.2, 0.25) is 0 Å². The molecule has 258 valence electrons. The smallest absolute Gasteiger partial charge is 0.136 e. The summed E-state index contributed by atoms with van der Waals surface area (Å²) >= 11 is 0. The van der Waals surface area contributed by atoms with Crippen LogP contribution in [0.15, 0.2) is 199 Å². The molecule has 0 aliphatic heterocycles. The fourth-order valence-corrected chi connectivity index (χ4v) is 10.6. The second-order valence-corrected chi connectivity index (χ2v) is 15.5. The zero-order valence-electron chi connectivity index (χ0n) is 30.4. The summed E-state index contributed by atoms with van der Waals surface area (Å²) in [6, 6.07) is 72.2. The molecule has 0 fully saturated rings. The molecule has 0 atom stereocenters. The first-order chi connectivity index (χ1) is 27.8. The summed E-state index contributed by atoms with van der Waals surface area (Å²) in [4.78, 5) is 0. The highest BCUT2D eigenvalue weighted by Gasteiger charge is 2.52. The van der Waals surface area contributed by atoms with E-state index in [1.54, 1.807) is 0 Å². The normalized spacial score (nSPS) is 13.5. The Kier molecular flexibility index (Phi) is 5.89. The van der Waals surface area contributed by atoms with Crippen molar-refractivity contribution < 1.29 is 4.42 Å². The van der Waals surface area contributed by atoms with E-state index in [0.717, 1.165) is 21.9 Å². The van der Waals surface area contributed by atoms with Gasteiger partial charge in [-0.2, -0.15) is 0 Å². The van der Waals surface area contributed by atoms with Gasteiger partial charge in [-0.25, -0.2) is 0 Å². The largest absolute Gasteiger partial charge is 0.456 e. The molecule has 1 heteroatoms. The van der Waals surface area contributed by atoms with Crippen LogP contribution < -0.4 is 0 Å². The molecule has 0 radical (unpaired) electrons. The lowest BCUT2D eigenvalue weighted by Crippen LogP contribution is -2.25. The Morgan fingerprint density at radius 3 is 1.68 bits per heavy atom. The highest BCUT2D eigenvalue weighted by molar-refractivity contribution is 6.18. The molecule has 2 aliphatic carbocycles. The molecule has 0 N–H and O–H groups in total. The summed E-state index contributed by atoms with van der Waals surface area (Å²) in [6.07, 6.45) is 0. The van der Waals surface area contributed by atoms with Crippen LogP contribution in [0.25, 0.3) is 98.8 Å². The van der Waals surface area contributed by atoms with Crippen molar-refractivity contribution >= 4 is 54.3 Å². The lowest BCUT2D eigenvalue weighted by Gasteiger charge is -2.31. The van der Waals surface area contributed by atoms with Crippen molar-refractivity contribution in [1.29, 1.82) is 0 Å². The molecular weight excluding hydrogens is 677 g/mol. The van der Waals surface area contributed by atoms with Gasteiger partial charge in [-0.05, 0) is 129 Å². The molecule has 0 saturated carbocycles. The fraction of sp³-hybridized carbons (Fsp3) is 0.0182. The van der Waals surface area contributed by atoms with E-state index in [1.165, 1.54) is 99.1 Å². The minimum Gasteiger partial charge on any atom is -0.456 e. The van der Waals surface area contributed by atoms with Crippen LogP contribution in [0.4, 0.5) is 0 Å². The number of hydrogen-bond donors (Lipinski definition) is 0. The van der Waals surface area contributed by atoms with E-state index in [-0.39, 0.29) is 0 Å². The van der Waals surface area contributed by atoms with Crippen molar-refractivity contribution in [3.8, 4) is 44.5 Å². The Morgan fingerprint density at radius 1 is 0.304 bits per heavy atom. The third-order valence-corrected chi connectivity index (χ3v) is 12.8. The van der Waals surface area contributed by atoms with Gasteiger partial charge in [-0.3, -0.25) is 0 Å². The second kappa shape index (κ2) is 10.9. The molecule has 0 unspecified atom stereocenters. The monoisotopic (exact) mass is 708 g/mol. The number of fused-ring (bicyclic) bond motifs is 16. The van der Waals surface area contributed by atoms with E-state index in [4.69, 9.17) is 4.42 Å². The molecular formula is C55H32O. The van der Waals surface area contributed by atoms with Crippen molar-refractivity contribution in [2.75, 3.05) is 0 Å². The summed E-state index contributed by atoms with van der Waals surface area (Å²) in [7, 11) is 0. The lowest BCUT2D eigenvalue weighted by molar-refractivity contribution is 0.669. The van der Waals surface area contributed by atoms with E-state index < -0.39 is 5.41 Å². The van der Waals surface area contributed by atoms with Crippen LogP contribution in [0, 0.1) is 0 Å². The zero-order valence-corrected chi connectivity index (χ0v) is 30.4. The molecule has 13 rings (SSSR count). The minimum absolute atomic E-state index is 0.454. The van der Waals surface area contributed by atoms with Crippen LogP contribution in [-0.4, -0.2) is 0 Å². The van der Waals surface area contributed by atoms with Gasteiger partial charge in [0.25, 0.3) is 0 Å². The average Bonchev–Trinajstić information content (AvgIpc) is 3.88. The quantitative estimate of drug-likeness (QED) is 0.174. The highest BCUT2D eigenvalue weighted by atomic mass is 16.3. The summed E-state index contributed by atoms with van der Waals surface area (Å²) in [5.41, 5.74) is 17.0. The van der Waals surface area contributed by atoms with E-state index in [9.17, 15) is 0 Å². The molecule has 2 aliphatic rings. The lowest BCUT2D eigenvalue weighted by atomic mass is 9.70. The van der Waals surface area contributed by atoms with E-state index >= 15 is 0 Å². The molecule has 1 nitrogen and oxygen atoms in total. The molecule has 1 heterocycles. The van der Waals surface area contributed by atoms with Gasteiger partial charge < -0.3 is 4.42 Å². The topological polar surface area (TPSA) is 13.1 Å². The van der Waals surface area contributed by atoms with Crippen molar-refractivity contribution in [3.63, 3.8) is 0 Å². The minimum atomic E-state index is -0.454. The van der Waals surface area contributed by atoms with Crippen molar-refractivity contribution in [2.45, 2.75) is 5.41 Å². The van der Waals surface area contributed by atoms with E-state index in [1.807, 2.05) is 0 Å². The molecule has 56 heavy (non-hydrogen) atoms. The van der Waals surface area contributed by atoms with Gasteiger partial charge in [-0.15, -0.1) is 0 Å². The van der Waals surface area contributed by atoms with Crippen LogP contribution in [0.1, 0.15) is 22.3 Å². The Balaban J connectivity index is 1.18. The molecule has 1 aromatic heterocycles. The van der Waals surface area contributed by atoms with E-state index in [2.05, 4.69) is 194 Å². The maximum Gasteiger partial charge on any atom is 0.136 e. The SMILES string of the molecule is c1ccc2c(c1)-c1ccccc1C21c2ccccc2-c2c1cc1cc(-c3cccc4oc5cc6ccccc6cc5c34)ccc1c2-c1cccc2ccccc12. The predicted octanol–water partition coefficient (Wildman–Crippen LogP) is 14.7. The molecule has 0 amide bonds. The first-order valence-electron chi connectivity index (χ1n) is 19.5. The third kappa shape index (κ3) is 3.79. The molecule has 0 bridgehead atoms. The average molecular weight is 709 g/mol. The van der Waals surface area contributed by atoms with Gasteiger partial charge in [-0.1, -0.05) is 164 Å². The number of rotatable bonds is 2. The van der Waals surface area contributed by atoms with Gasteiger partial charge in [0.05, 0.1) is 5.41 Å². The Morgan fingerprint density at radius 2 is 0.893 bits per heavy atom. The molecule has 10 aromatic carbocycles. The number of furan rings is 1. The zero-order chi connectivity index (χ0) is 36.5. The second-order valence-electron chi connectivity index (χ2n) is 15.5. The molecule has 1 spiro atoms. The summed E-state index contributed by atoms with van der Waals surface area (Å²) in [5.74, 6) is 0. The maximum absolute atomic E-state index is 6.55. The Labute approximate surface area is 323 Å². The van der Waals surface area contributed by atoms with Gasteiger partial charge in [0.2, 0.25) is 0 Å². The van der Waals surface area contributed by atoms with Crippen LogP contribution >= 0.6 is 0 Å². The number of hydrogen-bond acceptors (Lipinski definition) is 1. The van der Waals surface area contributed by atoms with E-state index in [0.29, 0.717) is 0 Å². The Hall–Kier alpha value is -7.22. The van der Waals surface area contributed by atoms with Crippen molar-refractivity contribution in [1.82, 2.24) is 0 Å². The third-order valence-electron chi connectivity index (χ3n) is 12.8. The highest BCUT2D eigenvalue weighted by Crippen LogP contribution is 2.65. The first-order valence-corrected chi connectivity index (χ1v) is 19.5. The van der Waals surface area contributed by atoms with Crippen LogP contribution in [0.5, 0.6) is 0 Å². The summed E-state index contributed by atoms with van der Waals surface area (Å²) < 4.78 is 6.55. The first kappa shape index (κ1) is 30.1. The molecule has 0 saturated heterocycles. The van der Waals surface area contributed by atoms with Crippen molar-refractivity contribution in [2.24, 2.45) is 0 Å².